The van der Waals surface area contributed by atoms with Gasteiger partial charge in [-0.05, 0) is 25.1 Å². The highest BCUT2D eigenvalue weighted by molar-refractivity contribution is 5.38. The Bertz CT molecular complexity index is 338. The van der Waals surface area contributed by atoms with E-state index in [1.807, 2.05) is 18.3 Å². The SMILES string of the molecule is NC(CO)CCN1CCN(c2ccccn2)CC1. The molecule has 0 radical (unpaired) electrons. The Labute approximate surface area is 108 Å². The van der Waals surface area contributed by atoms with Gasteiger partial charge in [-0.2, -0.15) is 0 Å². The first kappa shape index (κ1) is 13.3. The van der Waals surface area contributed by atoms with Crippen LogP contribution in [0.25, 0.3) is 0 Å². The quantitative estimate of drug-likeness (QED) is 0.765. The van der Waals surface area contributed by atoms with Crippen molar-refractivity contribution in [3.8, 4) is 0 Å². The van der Waals surface area contributed by atoms with Crippen molar-refractivity contribution in [2.75, 3.05) is 44.2 Å². The molecule has 0 aromatic carbocycles. The van der Waals surface area contributed by atoms with Crippen LogP contribution in [0.3, 0.4) is 0 Å². The number of aromatic nitrogens is 1. The van der Waals surface area contributed by atoms with Crippen LogP contribution in [0.4, 0.5) is 5.82 Å². The van der Waals surface area contributed by atoms with Crippen molar-refractivity contribution < 1.29 is 5.11 Å². The van der Waals surface area contributed by atoms with Gasteiger partial charge in [0.2, 0.25) is 0 Å². The zero-order valence-electron chi connectivity index (χ0n) is 10.7. The Morgan fingerprint density at radius 3 is 2.67 bits per heavy atom. The first-order chi connectivity index (χ1) is 8.79. The van der Waals surface area contributed by atoms with E-state index in [4.69, 9.17) is 10.8 Å². The summed E-state index contributed by atoms with van der Waals surface area (Å²) in [7, 11) is 0. The van der Waals surface area contributed by atoms with Crippen LogP contribution in [0, 0.1) is 0 Å². The highest BCUT2D eigenvalue weighted by Crippen LogP contribution is 2.12. The second-order valence-electron chi connectivity index (χ2n) is 4.75. The second-order valence-corrected chi connectivity index (χ2v) is 4.75. The molecule has 0 saturated carbocycles. The van der Waals surface area contributed by atoms with Crippen molar-refractivity contribution in [1.29, 1.82) is 0 Å². The summed E-state index contributed by atoms with van der Waals surface area (Å²) in [4.78, 5) is 9.08. The molecule has 3 N–H and O–H groups in total. The van der Waals surface area contributed by atoms with Crippen LogP contribution >= 0.6 is 0 Å². The highest BCUT2D eigenvalue weighted by Gasteiger charge is 2.17. The van der Waals surface area contributed by atoms with Gasteiger partial charge in [-0.1, -0.05) is 6.07 Å². The number of nitrogens with two attached hydrogens (primary N) is 1. The van der Waals surface area contributed by atoms with Gasteiger partial charge in [0.15, 0.2) is 0 Å². The summed E-state index contributed by atoms with van der Waals surface area (Å²) in [6.45, 7) is 5.13. The lowest BCUT2D eigenvalue weighted by molar-refractivity contribution is 0.217. The molecule has 5 nitrogen and oxygen atoms in total. The first-order valence-electron chi connectivity index (χ1n) is 6.54. The van der Waals surface area contributed by atoms with Crippen LogP contribution < -0.4 is 10.6 Å². The van der Waals surface area contributed by atoms with Crippen molar-refractivity contribution in [2.45, 2.75) is 12.5 Å². The molecule has 100 valence electrons. The minimum atomic E-state index is -0.0844. The molecule has 1 aliphatic rings. The van der Waals surface area contributed by atoms with E-state index >= 15 is 0 Å². The summed E-state index contributed by atoms with van der Waals surface area (Å²) in [5.74, 6) is 1.06. The van der Waals surface area contributed by atoms with Crippen LogP contribution in [0.5, 0.6) is 0 Å². The number of pyridine rings is 1. The summed E-state index contributed by atoms with van der Waals surface area (Å²) in [6, 6.07) is 5.93. The molecular formula is C13H22N4O. The predicted octanol–water partition coefficient (Wildman–Crippen LogP) is -0.0867. The maximum Gasteiger partial charge on any atom is 0.128 e. The topological polar surface area (TPSA) is 65.6 Å². The van der Waals surface area contributed by atoms with E-state index in [1.165, 1.54) is 0 Å². The number of piperazine rings is 1. The summed E-state index contributed by atoms with van der Waals surface area (Å²) < 4.78 is 0. The normalized spacial score (nSPS) is 18.9. The minimum Gasteiger partial charge on any atom is -0.395 e. The Hall–Kier alpha value is -1.17. The number of hydrogen-bond donors (Lipinski definition) is 2. The van der Waals surface area contributed by atoms with Crippen LogP contribution in [0.2, 0.25) is 0 Å². The summed E-state index contributed by atoms with van der Waals surface area (Å²) >= 11 is 0. The lowest BCUT2D eigenvalue weighted by Crippen LogP contribution is -2.47. The van der Waals surface area contributed by atoms with Gasteiger partial charge in [0, 0.05) is 38.4 Å². The van der Waals surface area contributed by atoms with E-state index in [9.17, 15) is 0 Å². The van der Waals surface area contributed by atoms with E-state index in [2.05, 4.69) is 20.9 Å². The largest absolute Gasteiger partial charge is 0.395 e. The van der Waals surface area contributed by atoms with Gasteiger partial charge in [-0.3, -0.25) is 4.90 Å². The fraction of sp³-hybridized carbons (Fsp3) is 0.615. The monoisotopic (exact) mass is 250 g/mol. The van der Waals surface area contributed by atoms with Crippen LogP contribution in [0.15, 0.2) is 24.4 Å². The number of hydrogen-bond acceptors (Lipinski definition) is 5. The maximum absolute atomic E-state index is 8.89. The third kappa shape index (κ3) is 3.66. The molecule has 0 aliphatic carbocycles. The van der Waals surface area contributed by atoms with Crippen molar-refractivity contribution in [3.63, 3.8) is 0 Å². The summed E-state index contributed by atoms with van der Waals surface area (Å²) in [5, 5.41) is 8.89. The molecule has 0 amide bonds. The van der Waals surface area contributed by atoms with E-state index < -0.39 is 0 Å². The fourth-order valence-electron chi connectivity index (χ4n) is 2.18. The van der Waals surface area contributed by atoms with E-state index in [0.29, 0.717) is 0 Å². The van der Waals surface area contributed by atoms with Crippen LogP contribution in [0.1, 0.15) is 6.42 Å². The minimum absolute atomic E-state index is 0.0773. The molecule has 18 heavy (non-hydrogen) atoms. The van der Waals surface area contributed by atoms with Gasteiger partial charge in [0.25, 0.3) is 0 Å². The third-order valence-corrected chi connectivity index (χ3v) is 3.40. The molecule has 0 bridgehead atoms. The molecule has 1 aromatic rings. The van der Waals surface area contributed by atoms with E-state index in [1.54, 1.807) is 0 Å². The molecule has 1 aromatic heterocycles. The molecule has 2 rings (SSSR count). The number of rotatable bonds is 5. The zero-order valence-corrected chi connectivity index (χ0v) is 10.7. The molecular weight excluding hydrogens is 228 g/mol. The lowest BCUT2D eigenvalue weighted by Gasteiger charge is -2.35. The molecule has 1 unspecified atom stereocenters. The summed E-state index contributed by atoms with van der Waals surface area (Å²) in [6.07, 6.45) is 2.70. The molecule has 5 heteroatoms. The number of aliphatic hydroxyl groups is 1. The van der Waals surface area contributed by atoms with Crippen LogP contribution in [-0.2, 0) is 0 Å². The molecule has 1 saturated heterocycles. The average molecular weight is 250 g/mol. The lowest BCUT2D eigenvalue weighted by atomic mass is 10.2. The van der Waals surface area contributed by atoms with Gasteiger partial charge < -0.3 is 15.7 Å². The maximum atomic E-state index is 8.89. The van der Waals surface area contributed by atoms with Crippen molar-refractivity contribution in [3.05, 3.63) is 24.4 Å². The van der Waals surface area contributed by atoms with Crippen molar-refractivity contribution in [2.24, 2.45) is 5.73 Å². The Morgan fingerprint density at radius 1 is 1.28 bits per heavy atom. The van der Waals surface area contributed by atoms with E-state index in [0.717, 1.165) is 45.0 Å². The zero-order chi connectivity index (χ0) is 12.8. The number of aliphatic hydroxyl groups excluding tert-OH is 1. The Kier molecular flexibility index (Phi) is 4.92. The smallest absolute Gasteiger partial charge is 0.128 e. The molecule has 2 heterocycles. The molecule has 1 atom stereocenters. The van der Waals surface area contributed by atoms with Crippen molar-refractivity contribution >= 4 is 5.82 Å². The van der Waals surface area contributed by atoms with Gasteiger partial charge in [-0.25, -0.2) is 4.98 Å². The Morgan fingerprint density at radius 2 is 2.06 bits per heavy atom. The van der Waals surface area contributed by atoms with Gasteiger partial charge >= 0.3 is 0 Å². The van der Waals surface area contributed by atoms with Crippen LogP contribution in [-0.4, -0.2) is 60.4 Å². The predicted molar refractivity (Wildman–Crippen MR) is 72.6 cm³/mol. The highest BCUT2D eigenvalue weighted by atomic mass is 16.3. The average Bonchev–Trinajstić information content (AvgIpc) is 2.46. The molecule has 1 fully saturated rings. The molecule has 0 spiro atoms. The molecule has 1 aliphatic heterocycles. The third-order valence-electron chi connectivity index (χ3n) is 3.40. The van der Waals surface area contributed by atoms with Crippen molar-refractivity contribution in [1.82, 2.24) is 9.88 Å². The Balaban J connectivity index is 1.75. The van der Waals surface area contributed by atoms with Gasteiger partial charge in [0.05, 0.1) is 6.61 Å². The second kappa shape index (κ2) is 6.68. The van der Waals surface area contributed by atoms with Gasteiger partial charge in [0.1, 0.15) is 5.82 Å². The number of anilines is 1. The standard InChI is InChI=1S/C13H22N4O/c14-12(11-18)4-6-16-7-9-17(10-8-16)13-3-1-2-5-15-13/h1-3,5,12,18H,4,6-11,14H2. The first-order valence-corrected chi connectivity index (χ1v) is 6.54. The van der Waals surface area contributed by atoms with E-state index in [-0.39, 0.29) is 12.6 Å². The van der Waals surface area contributed by atoms with Gasteiger partial charge in [-0.15, -0.1) is 0 Å². The number of nitrogens with zero attached hydrogens (tertiary/aromatic N) is 3. The fourth-order valence-corrected chi connectivity index (χ4v) is 2.18. The summed E-state index contributed by atoms with van der Waals surface area (Å²) in [5.41, 5.74) is 5.71.